The largest absolute Gasteiger partial charge is 0.481 e. The first kappa shape index (κ1) is 31.8. The second-order valence-corrected chi connectivity index (χ2v) is 6.93. The number of para-hydroxylation sites is 1. The van der Waals surface area contributed by atoms with Crippen molar-refractivity contribution in [3.8, 4) is 5.75 Å². The van der Waals surface area contributed by atoms with Gasteiger partial charge in [-0.3, -0.25) is 19.2 Å². The minimum absolute atomic E-state index is 0.0160. The molecule has 0 heterocycles. The number of unbranched alkanes of at least 4 members (excludes halogenated alkanes) is 5. The quantitative estimate of drug-likeness (QED) is 0.202. The fourth-order valence-electron chi connectivity index (χ4n) is 2.33. The lowest BCUT2D eigenvalue weighted by Gasteiger charge is -2.04. The minimum atomic E-state index is -1.11. The molecule has 0 atom stereocenters. The molecule has 4 N–H and O–H groups in total. The molecule has 33 heavy (non-hydrogen) atoms. The number of carbonyl (C=O) groups excluding carboxylic acids is 2. The van der Waals surface area contributed by atoms with E-state index in [0.717, 1.165) is 19.8 Å². The van der Waals surface area contributed by atoms with Gasteiger partial charge < -0.3 is 25.4 Å². The van der Waals surface area contributed by atoms with Gasteiger partial charge in [0.2, 0.25) is 5.91 Å². The van der Waals surface area contributed by atoms with Crippen LogP contribution in [0.2, 0.25) is 0 Å². The minimum Gasteiger partial charge on any atom is -0.481 e. The van der Waals surface area contributed by atoms with Gasteiger partial charge in [0.25, 0.3) is 5.97 Å². The molecule has 0 aliphatic heterocycles. The summed E-state index contributed by atoms with van der Waals surface area (Å²) >= 11 is 0. The number of carboxylic acids is 3. The molecule has 1 rings (SSSR count). The summed E-state index contributed by atoms with van der Waals surface area (Å²) in [6.07, 6.45) is 7.15. The molecule has 10 heteroatoms. The highest BCUT2D eigenvalue weighted by molar-refractivity contribution is 5.91. The molecule has 0 radical (unpaired) electrons. The Morgan fingerprint density at radius 3 is 1.91 bits per heavy atom. The van der Waals surface area contributed by atoms with E-state index in [2.05, 4.69) is 17.0 Å². The summed E-state index contributed by atoms with van der Waals surface area (Å²) in [5.74, 6) is -3.49. The Morgan fingerprint density at radius 1 is 0.848 bits per heavy atom. The Morgan fingerprint density at radius 2 is 1.39 bits per heavy atom. The highest BCUT2D eigenvalue weighted by Crippen LogP contribution is 2.17. The number of amides is 1. The van der Waals surface area contributed by atoms with E-state index in [1.54, 1.807) is 12.1 Å². The van der Waals surface area contributed by atoms with E-state index < -0.39 is 23.9 Å². The number of aliphatic carboxylic acids is 2. The summed E-state index contributed by atoms with van der Waals surface area (Å²) in [5.41, 5.74) is -0.0160. The van der Waals surface area contributed by atoms with Crippen LogP contribution in [0.5, 0.6) is 5.75 Å². The van der Waals surface area contributed by atoms with Crippen LogP contribution < -0.4 is 10.1 Å². The van der Waals surface area contributed by atoms with Gasteiger partial charge in [0, 0.05) is 26.8 Å². The second kappa shape index (κ2) is 20.5. The van der Waals surface area contributed by atoms with Gasteiger partial charge in [-0.15, -0.1) is 0 Å². The first-order valence-electron chi connectivity index (χ1n) is 10.7. The van der Waals surface area contributed by atoms with E-state index in [9.17, 15) is 19.2 Å². The lowest BCUT2D eigenvalue weighted by atomic mass is 10.1. The van der Waals surface area contributed by atoms with E-state index in [-0.39, 0.29) is 30.1 Å². The summed E-state index contributed by atoms with van der Waals surface area (Å²) in [5, 5.41) is 27.2. The van der Waals surface area contributed by atoms with Gasteiger partial charge in [0.15, 0.2) is 0 Å². The molecule has 10 nitrogen and oxygen atoms in total. The SMILES string of the molecule is CC(=O)O.CC(=O)Oc1ccccc1C(=O)O.CCCCCCCCNC(=O)CCC(=O)O. The number of hydrogen-bond donors (Lipinski definition) is 4. The molecule has 0 saturated carbocycles. The molecular formula is C23H35NO9. The smallest absolute Gasteiger partial charge is 0.339 e. The average molecular weight is 470 g/mol. The van der Waals surface area contributed by atoms with Crippen molar-refractivity contribution >= 4 is 29.8 Å². The van der Waals surface area contributed by atoms with Gasteiger partial charge in [-0.05, 0) is 18.6 Å². The lowest BCUT2D eigenvalue weighted by molar-refractivity contribution is -0.139. The van der Waals surface area contributed by atoms with Crippen LogP contribution >= 0.6 is 0 Å². The third kappa shape index (κ3) is 23.1. The monoisotopic (exact) mass is 469 g/mol. The van der Waals surface area contributed by atoms with Crippen LogP contribution in [0.25, 0.3) is 0 Å². The summed E-state index contributed by atoms with van der Waals surface area (Å²) < 4.78 is 4.69. The number of esters is 1. The van der Waals surface area contributed by atoms with Crippen LogP contribution in [-0.4, -0.2) is 51.6 Å². The van der Waals surface area contributed by atoms with Crippen molar-refractivity contribution in [1.29, 1.82) is 0 Å². The molecule has 0 unspecified atom stereocenters. The fraction of sp³-hybridized carbons (Fsp3) is 0.522. The Balaban J connectivity index is 0. The molecule has 0 spiro atoms. The standard InChI is InChI=1S/C12H23NO3.C9H8O4.C2H4O2/c1-2-3-4-5-6-7-10-13-11(14)8-9-12(15)16;1-6(10)13-8-5-3-2-4-7(8)9(11)12;1-2(3)4/h2-10H2,1H3,(H,13,14)(H,15,16);2-5H,1H3,(H,11,12);1H3,(H,3,4). The zero-order valence-electron chi connectivity index (χ0n) is 19.5. The first-order chi connectivity index (χ1) is 15.5. The fourth-order valence-corrected chi connectivity index (χ4v) is 2.33. The Hall–Kier alpha value is -3.43. The molecule has 0 aliphatic carbocycles. The summed E-state index contributed by atoms with van der Waals surface area (Å²) in [6, 6.07) is 5.98. The van der Waals surface area contributed by atoms with Gasteiger partial charge in [0.05, 0.1) is 6.42 Å². The van der Waals surface area contributed by atoms with Gasteiger partial charge in [-0.25, -0.2) is 4.79 Å². The number of benzene rings is 1. The van der Waals surface area contributed by atoms with Crippen molar-refractivity contribution in [2.24, 2.45) is 0 Å². The zero-order chi connectivity index (χ0) is 25.6. The van der Waals surface area contributed by atoms with Crippen molar-refractivity contribution < 1.29 is 44.0 Å². The Labute approximate surface area is 194 Å². The first-order valence-corrected chi connectivity index (χ1v) is 10.7. The molecule has 0 aliphatic rings. The molecule has 1 amide bonds. The van der Waals surface area contributed by atoms with Gasteiger partial charge >= 0.3 is 17.9 Å². The normalized spacial score (nSPS) is 9.30. The maximum atomic E-state index is 11.1. The van der Waals surface area contributed by atoms with Crippen molar-refractivity contribution in [1.82, 2.24) is 5.32 Å². The molecule has 0 aromatic heterocycles. The van der Waals surface area contributed by atoms with Gasteiger partial charge in [-0.1, -0.05) is 51.2 Å². The van der Waals surface area contributed by atoms with Crippen LogP contribution in [0.15, 0.2) is 24.3 Å². The highest BCUT2D eigenvalue weighted by atomic mass is 16.5. The number of hydrogen-bond acceptors (Lipinski definition) is 6. The number of nitrogens with one attached hydrogen (secondary N) is 1. The Kier molecular flexibility index (Phi) is 19.7. The predicted molar refractivity (Wildman–Crippen MR) is 121 cm³/mol. The van der Waals surface area contributed by atoms with Crippen LogP contribution in [0, 0.1) is 0 Å². The van der Waals surface area contributed by atoms with Crippen molar-refractivity contribution in [2.45, 2.75) is 72.1 Å². The number of rotatable bonds is 12. The van der Waals surface area contributed by atoms with Crippen molar-refractivity contribution in [3.63, 3.8) is 0 Å². The van der Waals surface area contributed by atoms with Crippen molar-refractivity contribution in [3.05, 3.63) is 29.8 Å². The van der Waals surface area contributed by atoms with Crippen LogP contribution in [0.3, 0.4) is 0 Å². The van der Waals surface area contributed by atoms with E-state index in [1.807, 2.05) is 0 Å². The average Bonchev–Trinajstić information content (AvgIpc) is 2.71. The van der Waals surface area contributed by atoms with Crippen LogP contribution in [0.1, 0.15) is 82.5 Å². The van der Waals surface area contributed by atoms with Crippen LogP contribution in [0.4, 0.5) is 0 Å². The zero-order valence-corrected chi connectivity index (χ0v) is 19.5. The van der Waals surface area contributed by atoms with Crippen molar-refractivity contribution in [2.75, 3.05) is 6.54 Å². The molecule has 1 aromatic carbocycles. The third-order valence-corrected chi connectivity index (χ3v) is 3.79. The Bertz CT molecular complexity index is 743. The lowest BCUT2D eigenvalue weighted by Crippen LogP contribution is -2.24. The van der Waals surface area contributed by atoms with E-state index in [0.29, 0.717) is 6.54 Å². The molecule has 186 valence electrons. The number of aromatic carboxylic acids is 1. The third-order valence-electron chi connectivity index (χ3n) is 3.79. The molecular weight excluding hydrogens is 434 g/mol. The molecule has 0 saturated heterocycles. The number of carboxylic acid groups (broad SMARTS) is 3. The predicted octanol–water partition coefficient (Wildman–Crippen LogP) is 3.73. The maximum absolute atomic E-state index is 11.1. The van der Waals surface area contributed by atoms with E-state index in [1.165, 1.54) is 44.7 Å². The summed E-state index contributed by atoms with van der Waals surface area (Å²) in [4.78, 5) is 51.5. The van der Waals surface area contributed by atoms with E-state index >= 15 is 0 Å². The van der Waals surface area contributed by atoms with Crippen LogP contribution in [-0.2, 0) is 19.2 Å². The molecule has 1 aromatic rings. The summed E-state index contributed by atoms with van der Waals surface area (Å²) in [6.45, 7) is 5.16. The highest BCUT2D eigenvalue weighted by Gasteiger charge is 2.11. The van der Waals surface area contributed by atoms with Gasteiger partial charge in [0.1, 0.15) is 11.3 Å². The molecule has 0 fully saturated rings. The maximum Gasteiger partial charge on any atom is 0.339 e. The van der Waals surface area contributed by atoms with E-state index in [4.69, 9.17) is 20.1 Å². The summed E-state index contributed by atoms with van der Waals surface area (Å²) in [7, 11) is 0. The van der Waals surface area contributed by atoms with Gasteiger partial charge in [-0.2, -0.15) is 0 Å². The number of ether oxygens (including phenoxy) is 1. The second-order valence-electron chi connectivity index (χ2n) is 6.93. The number of carbonyl (C=O) groups is 5. The molecule has 0 bridgehead atoms. The topological polar surface area (TPSA) is 167 Å².